The van der Waals surface area contributed by atoms with E-state index in [0.717, 1.165) is 6.07 Å². The van der Waals surface area contributed by atoms with Gasteiger partial charge < -0.3 is 10.5 Å². The summed E-state index contributed by atoms with van der Waals surface area (Å²) >= 11 is 0.691. The van der Waals surface area contributed by atoms with Gasteiger partial charge in [0.1, 0.15) is 4.21 Å². The van der Waals surface area contributed by atoms with Crippen molar-refractivity contribution >= 4 is 32.0 Å². The SMILES string of the molecule is CC1(NS(=O)(=O)c2cc([N+](=O)[O-])c(N)s2)CCOCC1. The zero-order valence-electron chi connectivity index (χ0n) is 10.8. The van der Waals surface area contributed by atoms with E-state index >= 15 is 0 Å². The number of sulfonamides is 1. The minimum absolute atomic E-state index is 0.118. The number of hydrogen-bond donors (Lipinski definition) is 2. The highest BCUT2D eigenvalue weighted by Gasteiger charge is 2.34. The van der Waals surface area contributed by atoms with Crippen molar-refractivity contribution in [1.29, 1.82) is 0 Å². The van der Waals surface area contributed by atoms with Gasteiger partial charge in [0, 0.05) is 24.8 Å². The Hall–Kier alpha value is -1.23. The summed E-state index contributed by atoms with van der Waals surface area (Å²) < 4.78 is 32.2. The molecule has 1 aromatic rings. The maximum atomic E-state index is 12.3. The number of rotatable bonds is 4. The highest BCUT2D eigenvalue weighted by molar-refractivity contribution is 7.91. The van der Waals surface area contributed by atoms with Crippen molar-refractivity contribution in [2.45, 2.75) is 29.5 Å². The van der Waals surface area contributed by atoms with Gasteiger partial charge in [0.05, 0.1) is 4.92 Å². The van der Waals surface area contributed by atoms with Crippen LogP contribution in [0.3, 0.4) is 0 Å². The van der Waals surface area contributed by atoms with E-state index in [-0.39, 0.29) is 14.9 Å². The van der Waals surface area contributed by atoms with Crippen LogP contribution in [0, 0.1) is 10.1 Å². The molecule has 1 fully saturated rings. The van der Waals surface area contributed by atoms with Crippen molar-refractivity contribution in [3.05, 3.63) is 16.2 Å². The number of nitrogen functional groups attached to an aromatic ring is 1. The van der Waals surface area contributed by atoms with Gasteiger partial charge in [-0.15, -0.1) is 0 Å². The quantitative estimate of drug-likeness (QED) is 0.631. The molecule has 0 unspecified atom stereocenters. The topological polar surface area (TPSA) is 125 Å². The molecule has 0 aromatic carbocycles. The fourth-order valence-electron chi connectivity index (χ4n) is 1.95. The summed E-state index contributed by atoms with van der Waals surface area (Å²) in [6.07, 6.45) is 1.10. The maximum Gasteiger partial charge on any atom is 0.304 e. The van der Waals surface area contributed by atoms with E-state index in [2.05, 4.69) is 4.72 Å². The summed E-state index contributed by atoms with van der Waals surface area (Å²) in [7, 11) is -3.83. The maximum absolute atomic E-state index is 12.3. The second kappa shape index (κ2) is 5.28. The molecular formula is C10H15N3O5S2. The Morgan fingerprint density at radius 3 is 2.60 bits per heavy atom. The molecule has 2 heterocycles. The summed E-state index contributed by atoms with van der Waals surface area (Å²) in [5.41, 5.74) is 4.48. The molecule has 0 amide bonds. The van der Waals surface area contributed by atoms with Gasteiger partial charge in [0.25, 0.3) is 10.0 Å². The van der Waals surface area contributed by atoms with Crippen LogP contribution in [0.15, 0.2) is 10.3 Å². The second-order valence-electron chi connectivity index (χ2n) is 4.85. The van der Waals surface area contributed by atoms with E-state index in [1.165, 1.54) is 0 Å². The van der Waals surface area contributed by atoms with Gasteiger partial charge in [0.2, 0.25) is 0 Å². The monoisotopic (exact) mass is 321 g/mol. The molecule has 0 aliphatic carbocycles. The standard InChI is InChI=1S/C10H15N3O5S2/c1-10(2-4-18-5-3-10)12-20(16,17)8-6-7(13(14)15)9(11)19-8/h6,12H,2-5,11H2,1H3. The molecule has 8 nitrogen and oxygen atoms in total. The van der Waals surface area contributed by atoms with Crippen molar-refractivity contribution < 1.29 is 18.1 Å². The average Bonchev–Trinajstić information content (AvgIpc) is 2.72. The largest absolute Gasteiger partial charge is 0.385 e. The van der Waals surface area contributed by atoms with Gasteiger partial charge in [-0.1, -0.05) is 11.3 Å². The van der Waals surface area contributed by atoms with Crippen LogP contribution < -0.4 is 10.5 Å². The fraction of sp³-hybridized carbons (Fsp3) is 0.600. The lowest BCUT2D eigenvalue weighted by Gasteiger charge is -2.33. The van der Waals surface area contributed by atoms with Gasteiger partial charge in [-0.25, -0.2) is 13.1 Å². The Morgan fingerprint density at radius 2 is 2.10 bits per heavy atom. The first kappa shape index (κ1) is 15.2. The first-order chi connectivity index (χ1) is 9.23. The fourth-order valence-corrected chi connectivity index (χ4v) is 4.63. The van der Waals surface area contributed by atoms with Gasteiger partial charge in [-0.3, -0.25) is 10.1 Å². The highest BCUT2D eigenvalue weighted by atomic mass is 32.2. The van der Waals surface area contributed by atoms with Crippen molar-refractivity contribution in [1.82, 2.24) is 4.72 Å². The van der Waals surface area contributed by atoms with Gasteiger partial charge in [-0.2, -0.15) is 0 Å². The molecular weight excluding hydrogens is 306 g/mol. The highest BCUT2D eigenvalue weighted by Crippen LogP contribution is 2.35. The molecule has 0 atom stereocenters. The number of anilines is 1. The van der Waals surface area contributed by atoms with E-state index < -0.39 is 20.5 Å². The number of nitro groups is 1. The van der Waals surface area contributed by atoms with Crippen LogP contribution in [0.25, 0.3) is 0 Å². The zero-order chi connectivity index (χ0) is 15.0. The van der Waals surface area contributed by atoms with E-state index in [0.29, 0.717) is 37.4 Å². The van der Waals surface area contributed by atoms with Gasteiger partial charge in [-0.05, 0) is 19.8 Å². The lowest BCUT2D eigenvalue weighted by atomic mass is 9.94. The molecule has 0 saturated carbocycles. The third-order valence-corrected chi connectivity index (χ3v) is 6.22. The lowest BCUT2D eigenvalue weighted by molar-refractivity contribution is -0.383. The molecule has 112 valence electrons. The molecule has 1 saturated heterocycles. The van der Waals surface area contributed by atoms with Crippen molar-refractivity contribution in [2.75, 3.05) is 18.9 Å². The van der Waals surface area contributed by atoms with E-state index in [4.69, 9.17) is 10.5 Å². The first-order valence-corrected chi connectivity index (χ1v) is 8.19. The third kappa shape index (κ3) is 3.08. The molecule has 0 spiro atoms. The van der Waals surface area contributed by atoms with Crippen molar-refractivity contribution in [2.24, 2.45) is 0 Å². The summed E-state index contributed by atoms with van der Waals surface area (Å²) in [5.74, 6) is 0. The minimum atomic E-state index is -3.83. The van der Waals surface area contributed by atoms with Gasteiger partial charge >= 0.3 is 5.69 Å². The number of hydrogen-bond acceptors (Lipinski definition) is 7. The predicted octanol–water partition coefficient (Wildman–Crippen LogP) is 1.09. The molecule has 0 radical (unpaired) electrons. The number of nitrogens with two attached hydrogens (primary N) is 1. The average molecular weight is 321 g/mol. The summed E-state index contributed by atoms with van der Waals surface area (Å²) in [6, 6.07) is 0.991. The normalized spacial score (nSPS) is 18.9. The van der Waals surface area contributed by atoms with Crippen LogP contribution in [0.5, 0.6) is 0 Å². The lowest BCUT2D eigenvalue weighted by Crippen LogP contribution is -2.49. The Bertz CT molecular complexity index is 619. The molecule has 3 N–H and O–H groups in total. The minimum Gasteiger partial charge on any atom is -0.385 e. The van der Waals surface area contributed by atoms with E-state index in [9.17, 15) is 18.5 Å². The first-order valence-electron chi connectivity index (χ1n) is 5.89. The van der Waals surface area contributed by atoms with Crippen molar-refractivity contribution in [3.8, 4) is 0 Å². The van der Waals surface area contributed by atoms with E-state index in [1.807, 2.05) is 0 Å². The summed E-state index contributed by atoms with van der Waals surface area (Å²) in [6.45, 7) is 2.75. The molecule has 10 heteroatoms. The number of thiophene rings is 1. The van der Waals surface area contributed by atoms with Crippen LogP contribution in [-0.4, -0.2) is 32.1 Å². The van der Waals surface area contributed by atoms with Crippen LogP contribution in [0.4, 0.5) is 10.7 Å². The van der Waals surface area contributed by atoms with Crippen LogP contribution >= 0.6 is 11.3 Å². The molecule has 1 aliphatic heterocycles. The molecule has 20 heavy (non-hydrogen) atoms. The van der Waals surface area contributed by atoms with Crippen LogP contribution in [-0.2, 0) is 14.8 Å². The Balaban J connectivity index is 2.26. The zero-order valence-corrected chi connectivity index (χ0v) is 12.4. The Labute approximate surface area is 120 Å². The smallest absolute Gasteiger partial charge is 0.304 e. The van der Waals surface area contributed by atoms with Crippen LogP contribution in [0.1, 0.15) is 19.8 Å². The second-order valence-corrected chi connectivity index (χ2v) is 7.84. The molecule has 0 bridgehead atoms. The van der Waals surface area contributed by atoms with E-state index in [1.54, 1.807) is 6.92 Å². The number of ether oxygens (including phenoxy) is 1. The molecule has 2 rings (SSSR count). The predicted molar refractivity (Wildman–Crippen MR) is 74.2 cm³/mol. The Morgan fingerprint density at radius 1 is 1.50 bits per heavy atom. The van der Waals surface area contributed by atoms with Crippen molar-refractivity contribution in [3.63, 3.8) is 0 Å². The number of nitrogens with zero attached hydrogens (tertiary/aromatic N) is 1. The third-order valence-electron chi connectivity index (χ3n) is 3.16. The summed E-state index contributed by atoms with van der Waals surface area (Å²) in [4.78, 5) is 10.0. The Kier molecular flexibility index (Phi) is 4.00. The van der Waals surface area contributed by atoms with Gasteiger partial charge in [0.15, 0.2) is 5.00 Å². The summed E-state index contributed by atoms with van der Waals surface area (Å²) in [5, 5.41) is 10.6. The molecule has 1 aliphatic rings. The number of nitrogens with one attached hydrogen (secondary N) is 1. The van der Waals surface area contributed by atoms with Crippen LogP contribution in [0.2, 0.25) is 0 Å². The molecule has 1 aromatic heterocycles.